The van der Waals surface area contributed by atoms with Gasteiger partial charge in [0.15, 0.2) is 0 Å². The molecule has 1 aromatic rings. The Morgan fingerprint density at radius 1 is 1.19 bits per heavy atom. The van der Waals surface area contributed by atoms with Crippen molar-refractivity contribution in [2.24, 2.45) is 5.92 Å². The number of nitrogens with zero attached hydrogens (tertiary/aromatic N) is 2. The van der Waals surface area contributed by atoms with Crippen LogP contribution in [0.2, 0.25) is 0 Å². The fourth-order valence-corrected chi connectivity index (χ4v) is 3.98. The van der Waals surface area contributed by atoms with Crippen LogP contribution in [0, 0.1) is 5.92 Å². The predicted molar refractivity (Wildman–Crippen MR) is 105 cm³/mol. The van der Waals surface area contributed by atoms with Crippen LogP contribution in [0.25, 0.3) is 0 Å². The van der Waals surface area contributed by atoms with Gasteiger partial charge in [-0.2, -0.15) is 0 Å². The van der Waals surface area contributed by atoms with Crippen LogP contribution in [0.4, 0.5) is 0 Å². The summed E-state index contributed by atoms with van der Waals surface area (Å²) in [5.41, 5.74) is 1.14. The second-order valence-electron chi connectivity index (χ2n) is 7.28. The van der Waals surface area contributed by atoms with Crippen molar-refractivity contribution in [2.45, 2.75) is 52.1 Å². The van der Waals surface area contributed by atoms with E-state index >= 15 is 0 Å². The molecule has 0 saturated carbocycles. The van der Waals surface area contributed by atoms with Gasteiger partial charge in [0.25, 0.3) is 0 Å². The normalized spacial score (nSPS) is 21.8. The minimum atomic E-state index is -0.00750. The zero-order valence-corrected chi connectivity index (χ0v) is 16.6. The van der Waals surface area contributed by atoms with Crippen molar-refractivity contribution in [1.29, 1.82) is 0 Å². The first kappa shape index (κ1) is 20.4. The minimum absolute atomic E-state index is 0.00750. The molecule has 1 saturated heterocycles. The van der Waals surface area contributed by atoms with E-state index in [9.17, 15) is 9.59 Å². The van der Waals surface area contributed by atoms with Gasteiger partial charge in [0.2, 0.25) is 11.8 Å². The molecule has 144 valence electrons. The Hall–Kier alpha value is -1.88. The van der Waals surface area contributed by atoms with Gasteiger partial charge in [0.1, 0.15) is 0 Å². The molecular weight excluding hydrogens is 326 g/mol. The monoisotopic (exact) mass is 359 g/mol. The number of piperidine rings is 1. The van der Waals surface area contributed by atoms with Crippen molar-refractivity contribution in [2.75, 3.05) is 26.7 Å². The highest BCUT2D eigenvalue weighted by atomic mass is 16.2. The van der Waals surface area contributed by atoms with Crippen molar-refractivity contribution < 1.29 is 9.59 Å². The molecule has 1 fully saturated rings. The highest BCUT2D eigenvalue weighted by Gasteiger charge is 2.33. The van der Waals surface area contributed by atoms with E-state index in [0.29, 0.717) is 6.04 Å². The van der Waals surface area contributed by atoms with E-state index in [1.54, 1.807) is 6.92 Å². The summed E-state index contributed by atoms with van der Waals surface area (Å²) in [5, 5.41) is 3.09. The maximum absolute atomic E-state index is 12.6. The van der Waals surface area contributed by atoms with E-state index in [0.717, 1.165) is 44.5 Å². The lowest BCUT2D eigenvalue weighted by molar-refractivity contribution is -0.137. The summed E-state index contributed by atoms with van der Waals surface area (Å²) < 4.78 is 0. The van der Waals surface area contributed by atoms with Crippen molar-refractivity contribution >= 4 is 11.8 Å². The van der Waals surface area contributed by atoms with Crippen LogP contribution in [0.1, 0.15) is 51.6 Å². The SMILES string of the molecule is CCN(CC)C(=O)C1CCC(CC(NC(C)=O)c2ccccc2)N(C)C1. The molecule has 0 bridgehead atoms. The molecule has 26 heavy (non-hydrogen) atoms. The molecule has 1 heterocycles. The summed E-state index contributed by atoms with van der Waals surface area (Å²) in [6.07, 6.45) is 2.77. The number of carbonyl (C=O) groups excluding carboxylic acids is 2. The van der Waals surface area contributed by atoms with E-state index in [-0.39, 0.29) is 23.8 Å². The summed E-state index contributed by atoms with van der Waals surface area (Å²) in [6.45, 7) is 7.99. The molecule has 1 aliphatic heterocycles. The number of hydrogen-bond donors (Lipinski definition) is 1. The third kappa shape index (κ3) is 5.31. The molecule has 0 aliphatic carbocycles. The van der Waals surface area contributed by atoms with E-state index in [1.807, 2.05) is 36.9 Å². The number of hydrogen-bond acceptors (Lipinski definition) is 3. The predicted octanol–water partition coefficient (Wildman–Crippen LogP) is 2.83. The fourth-order valence-electron chi connectivity index (χ4n) is 3.98. The molecule has 3 atom stereocenters. The highest BCUT2D eigenvalue weighted by Crippen LogP contribution is 2.29. The van der Waals surface area contributed by atoms with Crippen LogP contribution in [0.3, 0.4) is 0 Å². The number of amides is 2. The third-order valence-electron chi connectivity index (χ3n) is 5.49. The zero-order valence-electron chi connectivity index (χ0n) is 16.6. The van der Waals surface area contributed by atoms with Gasteiger partial charge in [0, 0.05) is 32.6 Å². The summed E-state index contributed by atoms with van der Waals surface area (Å²) >= 11 is 0. The number of likely N-dealkylation sites (tertiary alicyclic amines) is 1. The van der Waals surface area contributed by atoms with Gasteiger partial charge < -0.3 is 15.1 Å². The standard InChI is InChI=1S/C21H33N3O2/c1-5-24(6-2)21(26)18-12-13-19(23(4)15-18)14-20(22-16(3)25)17-10-8-7-9-11-17/h7-11,18-20H,5-6,12-15H2,1-4H3,(H,22,25). The fraction of sp³-hybridized carbons (Fsp3) is 0.619. The van der Waals surface area contributed by atoms with E-state index < -0.39 is 0 Å². The van der Waals surface area contributed by atoms with Crippen LogP contribution in [0.15, 0.2) is 30.3 Å². The van der Waals surface area contributed by atoms with Gasteiger partial charge in [0.05, 0.1) is 12.0 Å². The Bertz CT molecular complexity index is 586. The van der Waals surface area contributed by atoms with E-state index in [4.69, 9.17) is 0 Å². The highest BCUT2D eigenvalue weighted by molar-refractivity contribution is 5.79. The van der Waals surface area contributed by atoms with Crippen molar-refractivity contribution in [3.05, 3.63) is 35.9 Å². The van der Waals surface area contributed by atoms with Crippen molar-refractivity contribution in [3.63, 3.8) is 0 Å². The van der Waals surface area contributed by atoms with Crippen LogP contribution < -0.4 is 5.32 Å². The van der Waals surface area contributed by atoms with Gasteiger partial charge in [-0.1, -0.05) is 30.3 Å². The molecule has 1 aliphatic rings. The van der Waals surface area contributed by atoms with Crippen LogP contribution in [0.5, 0.6) is 0 Å². The molecule has 0 spiro atoms. The molecule has 2 rings (SSSR count). The number of benzene rings is 1. The zero-order chi connectivity index (χ0) is 19.1. The molecule has 5 heteroatoms. The van der Waals surface area contributed by atoms with Crippen molar-refractivity contribution in [1.82, 2.24) is 15.1 Å². The Balaban J connectivity index is 2.01. The summed E-state index contributed by atoms with van der Waals surface area (Å²) in [4.78, 5) is 28.5. The Morgan fingerprint density at radius 2 is 1.85 bits per heavy atom. The van der Waals surface area contributed by atoms with E-state index in [2.05, 4.69) is 29.4 Å². The topological polar surface area (TPSA) is 52.7 Å². The Labute approximate surface area is 157 Å². The maximum atomic E-state index is 12.6. The molecule has 0 aromatic heterocycles. The first-order valence-electron chi connectivity index (χ1n) is 9.77. The Morgan fingerprint density at radius 3 is 2.38 bits per heavy atom. The number of carbonyl (C=O) groups is 2. The molecule has 3 unspecified atom stereocenters. The smallest absolute Gasteiger partial charge is 0.226 e. The summed E-state index contributed by atoms with van der Waals surface area (Å²) in [6, 6.07) is 10.5. The number of rotatable bonds is 7. The number of nitrogens with one attached hydrogen (secondary N) is 1. The van der Waals surface area contributed by atoms with Crippen LogP contribution in [-0.2, 0) is 9.59 Å². The second kappa shape index (κ2) is 9.72. The lowest BCUT2D eigenvalue weighted by Gasteiger charge is -2.39. The summed E-state index contributed by atoms with van der Waals surface area (Å²) in [5.74, 6) is 0.362. The van der Waals surface area contributed by atoms with Gasteiger partial charge in [-0.15, -0.1) is 0 Å². The minimum Gasteiger partial charge on any atom is -0.349 e. The molecular formula is C21H33N3O2. The quantitative estimate of drug-likeness (QED) is 0.814. The van der Waals surface area contributed by atoms with Gasteiger partial charge >= 0.3 is 0 Å². The summed E-state index contributed by atoms with van der Waals surface area (Å²) in [7, 11) is 2.10. The maximum Gasteiger partial charge on any atom is 0.226 e. The first-order chi connectivity index (χ1) is 12.5. The van der Waals surface area contributed by atoms with Crippen LogP contribution in [-0.4, -0.2) is 54.3 Å². The lowest BCUT2D eigenvalue weighted by atomic mass is 9.87. The molecule has 5 nitrogen and oxygen atoms in total. The molecule has 1 N–H and O–H groups in total. The molecule has 1 aromatic carbocycles. The first-order valence-corrected chi connectivity index (χ1v) is 9.77. The van der Waals surface area contributed by atoms with Gasteiger partial charge in [-0.3, -0.25) is 9.59 Å². The second-order valence-corrected chi connectivity index (χ2v) is 7.28. The Kier molecular flexibility index (Phi) is 7.64. The largest absolute Gasteiger partial charge is 0.349 e. The van der Waals surface area contributed by atoms with Crippen LogP contribution >= 0.6 is 0 Å². The molecule has 2 amide bonds. The third-order valence-corrected chi connectivity index (χ3v) is 5.49. The van der Waals surface area contributed by atoms with Gasteiger partial charge in [-0.05, 0) is 45.7 Å². The van der Waals surface area contributed by atoms with Gasteiger partial charge in [-0.25, -0.2) is 0 Å². The van der Waals surface area contributed by atoms with Crippen molar-refractivity contribution in [3.8, 4) is 0 Å². The average Bonchev–Trinajstić information content (AvgIpc) is 2.64. The lowest BCUT2D eigenvalue weighted by Crippen LogP contribution is -2.48. The van der Waals surface area contributed by atoms with E-state index in [1.165, 1.54) is 0 Å². The average molecular weight is 360 g/mol. The molecule has 0 radical (unpaired) electrons.